The lowest BCUT2D eigenvalue weighted by molar-refractivity contribution is 0.0500. The van der Waals surface area contributed by atoms with Gasteiger partial charge in [0, 0.05) is 34.8 Å². The Morgan fingerprint density at radius 3 is 2.26 bits per heavy atom. The van der Waals surface area contributed by atoms with Crippen molar-refractivity contribution in [2.45, 2.75) is 78.4 Å². The predicted molar refractivity (Wildman–Crippen MR) is 122 cm³/mol. The molecule has 11 heteroatoms. The average molecular weight is 472 g/mol. The topological polar surface area (TPSA) is 116 Å². The summed E-state index contributed by atoms with van der Waals surface area (Å²) >= 11 is 3.44. The molecule has 174 valence electrons. The van der Waals surface area contributed by atoms with Crippen molar-refractivity contribution in [3.63, 3.8) is 0 Å². The van der Waals surface area contributed by atoms with E-state index in [1.807, 2.05) is 48.5 Å². The predicted octanol–water partition coefficient (Wildman–Crippen LogP) is 4.93. The normalized spacial score (nSPS) is 13.1. The Morgan fingerprint density at radius 1 is 1.03 bits per heavy atom. The molecule has 0 aliphatic heterocycles. The molecule has 9 nitrogen and oxygen atoms in total. The minimum atomic E-state index is -0.584. The van der Waals surface area contributed by atoms with Gasteiger partial charge in [0.2, 0.25) is 11.8 Å². The van der Waals surface area contributed by atoms with Gasteiger partial charge in [0.1, 0.15) is 11.6 Å². The third-order valence-corrected chi connectivity index (χ3v) is 6.27. The number of ether oxygens (including phenoxy) is 1. The monoisotopic (exact) mass is 471 g/mol. The van der Waals surface area contributed by atoms with Crippen LogP contribution < -0.4 is 5.32 Å². The van der Waals surface area contributed by atoms with Crippen LogP contribution in [0.3, 0.4) is 0 Å². The highest BCUT2D eigenvalue weighted by molar-refractivity contribution is 8.15. The van der Waals surface area contributed by atoms with Crippen molar-refractivity contribution < 1.29 is 18.6 Å². The van der Waals surface area contributed by atoms with Crippen LogP contribution in [0.1, 0.15) is 89.8 Å². The van der Waals surface area contributed by atoms with Crippen molar-refractivity contribution in [1.82, 2.24) is 25.6 Å². The van der Waals surface area contributed by atoms with Crippen LogP contribution >= 0.6 is 23.5 Å². The fourth-order valence-electron chi connectivity index (χ4n) is 2.30. The number of nitrogens with zero attached hydrogens (tertiary/aromatic N) is 4. The number of amides is 1. The molecule has 0 aromatic carbocycles. The van der Waals surface area contributed by atoms with Crippen LogP contribution in [-0.4, -0.2) is 48.6 Å². The van der Waals surface area contributed by atoms with E-state index in [0.29, 0.717) is 23.4 Å². The van der Waals surface area contributed by atoms with E-state index in [2.05, 4.69) is 25.6 Å². The Kier molecular flexibility index (Phi) is 9.67. The second-order valence-corrected chi connectivity index (χ2v) is 11.2. The van der Waals surface area contributed by atoms with Crippen molar-refractivity contribution in [2.24, 2.45) is 0 Å². The van der Waals surface area contributed by atoms with Crippen molar-refractivity contribution in [2.75, 3.05) is 16.6 Å². The summed E-state index contributed by atoms with van der Waals surface area (Å²) in [6, 6.07) is -0.426. The maximum absolute atomic E-state index is 12.3. The molecule has 0 unspecified atom stereocenters. The highest BCUT2D eigenvalue weighted by Gasteiger charge is 2.25. The number of hydrogen-bond donors (Lipinski definition) is 1. The van der Waals surface area contributed by atoms with Gasteiger partial charge in [-0.3, -0.25) is 0 Å². The summed E-state index contributed by atoms with van der Waals surface area (Å²) in [4.78, 5) is 21.1. The van der Waals surface area contributed by atoms with Gasteiger partial charge in [-0.2, -0.15) is 21.7 Å². The lowest BCUT2D eigenvalue weighted by atomic mass is 10.2. The molecule has 0 radical (unpaired) electrons. The van der Waals surface area contributed by atoms with Gasteiger partial charge < -0.3 is 19.1 Å². The molecule has 2 aromatic rings. The number of hydrogen-bond acceptors (Lipinski definition) is 10. The molecule has 2 rings (SSSR count). The number of aryl methyl sites for hydroxylation is 1. The summed E-state index contributed by atoms with van der Waals surface area (Å²) in [5, 5.41) is 11.7. The van der Waals surface area contributed by atoms with E-state index in [0.717, 1.165) is 23.1 Å². The first kappa shape index (κ1) is 25.5. The quantitative estimate of drug-likeness (QED) is 0.357. The van der Waals surface area contributed by atoms with Gasteiger partial charge >= 0.3 is 6.09 Å². The fourth-order valence-corrected chi connectivity index (χ4v) is 4.40. The second-order valence-electron chi connectivity index (χ2n) is 8.69. The van der Waals surface area contributed by atoms with Gasteiger partial charge in [-0.1, -0.05) is 38.0 Å². The van der Waals surface area contributed by atoms with Crippen molar-refractivity contribution in [3.8, 4) is 0 Å². The van der Waals surface area contributed by atoms with Gasteiger partial charge in [-0.05, 0) is 20.8 Å². The molecule has 0 fully saturated rings. The first-order chi connectivity index (χ1) is 14.5. The number of carbonyl (C=O) groups excluding carboxylic acids is 1. The molecule has 1 atom stereocenters. The number of thioether (sulfide) groups is 2. The summed E-state index contributed by atoms with van der Waals surface area (Å²) in [7, 11) is 0. The van der Waals surface area contributed by atoms with E-state index in [4.69, 9.17) is 13.8 Å². The van der Waals surface area contributed by atoms with Crippen LogP contribution in [0.15, 0.2) is 9.05 Å². The number of carbonyl (C=O) groups is 1. The second kappa shape index (κ2) is 11.8. The van der Waals surface area contributed by atoms with E-state index >= 15 is 0 Å². The Bertz CT molecular complexity index is 817. The molecule has 1 N–H and O–H groups in total. The maximum atomic E-state index is 12.3. The fraction of sp³-hybridized carbons (Fsp3) is 0.750. The molecule has 2 aromatic heterocycles. The highest BCUT2D eigenvalue weighted by Crippen LogP contribution is 2.23. The Hall–Kier alpha value is -1.75. The van der Waals surface area contributed by atoms with Crippen LogP contribution in [0, 0.1) is 0 Å². The largest absolute Gasteiger partial charge is 0.444 e. The summed E-state index contributed by atoms with van der Waals surface area (Å²) < 4.78 is 16.0. The SMILES string of the molecule is CC(C)c1noc(CCSCSC[C@H](NC(=O)OC(C)(C)C)c2nc(C(C)C)no2)n1. The lowest BCUT2D eigenvalue weighted by Crippen LogP contribution is -2.36. The zero-order chi connectivity index (χ0) is 23.0. The number of rotatable bonds is 11. The molecule has 1 amide bonds. The minimum absolute atomic E-state index is 0.142. The summed E-state index contributed by atoms with van der Waals surface area (Å²) in [6.45, 7) is 13.5. The van der Waals surface area contributed by atoms with Crippen molar-refractivity contribution in [3.05, 3.63) is 23.4 Å². The molecule has 0 spiro atoms. The number of aromatic nitrogens is 4. The first-order valence-corrected chi connectivity index (χ1v) is 12.7. The van der Waals surface area contributed by atoms with Gasteiger partial charge in [0.05, 0.1) is 0 Å². The lowest BCUT2D eigenvalue weighted by Gasteiger charge is -2.22. The van der Waals surface area contributed by atoms with Crippen molar-refractivity contribution >= 4 is 29.6 Å². The number of nitrogens with one attached hydrogen (secondary N) is 1. The standard InChI is InChI=1S/C20H33N5O4S2/c1-12(2)16-22-15(28-24-16)8-9-30-11-31-10-14(21-19(26)27-20(5,6)7)18-23-17(13(3)4)25-29-18/h12-14H,8-11H2,1-7H3,(H,21,26)/t14-/m0/s1. The van der Waals surface area contributed by atoms with Gasteiger partial charge in [0.25, 0.3) is 0 Å². The van der Waals surface area contributed by atoms with Crippen LogP contribution in [0.2, 0.25) is 0 Å². The smallest absolute Gasteiger partial charge is 0.408 e. The summed E-state index contributed by atoms with van der Waals surface area (Å²) in [5.74, 6) is 4.27. The molecule has 0 saturated carbocycles. The molecule has 0 aliphatic carbocycles. The summed E-state index contributed by atoms with van der Waals surface area (Å²) in [6.07, 6.45) is 0.221. The Morgan fingerprint density at radius 2 is 1.68 bits per heavy atom. The van der Waals surface area contributed by atoms with Crippen LogP contribution in [0.5, 0.6) is 0 Å². The van der Waals surface area contributed by atoms with E-state index in [1.54, 1.807) is 23.5 Å². The third kappa shape index (κ3) is 9.10. The molecular weight excluding hydrogens is 438 g/mol. The molecule has 2 heterocycles. The highest BCUT2D eigenvalue weighted by atomic mass is 32.2. The van der Waals surface area contributed by atoms with Crippen molar-refractivity contribution in [1.29, 1.82) is 0 Å². The third-order valence-electron chi connectivity index (χ3n) is 3.87. The van der Waals surface area contributed by atoms with Gasteiger partial charge in [-0.15, -0.1) is 11.8 Å². The molecule has 31 heavy (non-hydrogen) atoms. The van der Waals surface area contributed by atoms with Gasteiger partial charge in [-0.25, -0.2) is 4.79 Å². The first-order valence-electron chi connectivity index (χ1n) is 10.4. The number of alkyl carbamates (subject to hydrolysis) is 1. The van der Waals surface area contributed by atoms with E-state index < -0.39 is 17.7 Å². The zero-order valence-corrected chi connectivity index (χ0v) is 20.9. The van der Waals surface area contributed by atoms with Crippen LogP contribution in [0.25, 0.3) is 0 Å². The minimum Gasteiger partial charge on any atom is -0.444 e. The van der Waals surface area contributed by atoms with Gasteiger partial charge in [0.15, 0.2) is 11.6 Å². The Labute approximate surface area is 192 Å². The average Bonchev–Trinajstić information content (AvgIpc) is 3.31. The molecule has 0 saturated heterocycles. The van der Waals surface area contributed by atoms with Crippen LogP contribution in [0.4, 0.5) is 4.79 Å². The van der Waals surface area contributed by atoms with E-state index in [-0.39, 0.29) is 11.8 Å². The molecular formula is C20H33N5O4S2. The molecule has 0 bridgehead atoms. The maximum Gasteiger partial charge on any atom is 0.408 e. The Balaban J connectivity index is 1.83. The zero-order valence-electron chi connectivity index (χ0n) is 19.3. The van der Waals surface area contributed by atoms with E-state index in [9.17, 15) is 4.79 Å². The molecule has 0 aliphatic rings. The van der Waals surface area contributed by atoms with E-state index in [1.165, 1.54) is 0 Å². The van der Waals surface area contributed by atoms with Crippen LogP contribution in [-0.2, 0) is 11.2 Å². The summed E-state index contributed by atoms with van der Waals surface area (Å²) in [5.41, 5.74) is -0.584.